The van der Waals surface area contributed by atoms with E-state index >= 15 is 0 Å². The Morgan fingerprint density at radius 3 is 2.47 bits per heavy atom. The maximum atomic E-state index is 13.2. The number of hydrogen-bond donors (Lipinski definition) is 1. The highest BCUT2D eigenvalue weighted by molar-refractivity contribution is 7.10. The Hall–Kier alpha value is -3.72. The highest BCUT2D eigenvalue weighted by Gasteiger charge is 2.28. The van der Waals surface area contributed by atoms with Gasteiger partial charge in [0.05, 0.1) is 17.8 Å². The third-order valence-corrected chi connectivity index (χ3v) is 7.97. The summed E-state index contributed by atoms with van der Waals surface area (Å²) in [6.07, 6.45) is 1.90. The molecule has 0 aliphatic carbocycles. The van der Waals surface area contributed by atoms with Gasteiger partial charge in [-0.2, -0.15) is 0 Å². The molecular formula is C29H33N3O5S. The van der Waals surface area contributed by atoms with E-state index in [9.17, 15) is 19.5 Å². The van der Waals surface area contributed by atoms with Crippen LogP contribution in [0, 0.1) is 6.92 Å². The van der Waals surface area contributed by atoms with Gasteiger partial charge >= 0.3 is 0 Å². The second-order valence-electron chi connectivity index (χ2n) is 9.40. The highest BCUT2D eigenvalue weighted by Crippen LogP contribution is 2.32. The number of thiazole rings is 1. The van der Waals surface area contributed by atoms with Gasteiger partial charge in [-0.1, -0.05) is 6.07 Å². The van der Waals surface area contributed by atoms with Crippen molar-refractivity contribution >= 4 is 34.6 Å². The summed E-state index contributed by atoms with van der Waals surface area (Å²) in [4.78, 5) is 46.5. The van der Waals surface area contributed by atoms with Gasteiger partial charge in [-0.05, 0) is 62.6 Å². The zero-order valence-electron chi connectivity index (χ0n) is 22.0. The lowest BCUT2D eigenvalue weighted by atomic mass is 9.97. The quantitative estimate of drug-likeness (QED) is 0.378. The first kappa shape index (κ1) is 27.3. The number of phenols is 1. The van der Waals surface area contributed by atoms with Crippen LogP contribution in [0.1, 0.15) is 69.9 Å². The first-order valence-electron chi connectivity index (χ1n) is 12.8. The van der Waals surface area contributed by atoms with Crippen LogP contribution in [0.5, 0.6) is 11.5 Å². The fraction of sp³-hybridized carbons (Fsp3) is 0.379. The smallest absolute Gasteiger partial charge is 0.277 e. The van der Waals surface area contributed by atoms with Crippen LogP contribution in [0.25, 0.3) is 0 Å². The summed E-state index contributed by atoms with van der Waals surface area (Å²) in [7, 11) is 1.57. The number of Topliss-reactive ketones (excluding diaryl/α,β-unsaturated/α-hetero) is 1. The first-order chi connectivity index (χ1) is 18.3. The number of phenolic OH excluding ortho intramolecular Hbond substituents is 1. The molecule has 1 N–H and O–H groups in total. The number of carbonyl (C=O) groups excluding carboxylic acids is 3. The van der Waals surface area contributed by atoms with Crippen molar-refractivity contribution in [3.05, 3.63) is 69.7 Å². The molecule has 38 heavy (non-hydrogen) atoms. The van der Waals surface area contributed by atoms with Crippen molar-refractivity contribution in [1.29, 1.82) is 0 Å². The molecule has 0 unspecified atom stereocenters. The number of methoxy groups -OCH3 is 1. The van der Waals surface area contributed by atoms with Gasteiger partial charge in [-0.25, -0.2) is 4.98 Å². The minimum atomic E-state index is -0.196. The molecule has 200 valence electrons. The van der Waals surface area contributed by atoms with Gasteiger partial charge < -0.3 is 19.6 Å². The summed E-state index contributed by atoms with van der Waals surface area (Å²) in [6.45, 7) is 5.46. The predicted molar refractivity (Wildman–Crippen MR) is 147 cm³/mol. The van der Waals surface area contributed by atoms with E-state index in [1.165, 1.54) is 11.3 Å². The van der Waals surface area contributed by atoms with Gasteiger partial charge in [0, 0.05) is 55.4 Å². The average Bonchev–Trinajstić information content (AvgIpc) is 3.44. The number of hydrogen-bond acceptors (Lipinski definition) is 7. The van der Waals surface area contributed by atoms with E-state index in [1.807, 2.05) is 18.7 Å². The molecule has 0 atom stereocenters. The Balaban J connectivity index is 1.30. The monoisotopic (exact) mass is 535 g/mol. The SMILES string of the molecule is CCN(C(=O)c1csc(C2CCN(C(=O)CCC(=O)c3ccc(OC)cc3)CC2)n1)c1cc(O)ccc1C. The summed E-state index contributed by atoms with van der Waals surface area (Å²) < 4.78 is 5.12. The van der Waals surface area contributed by atoms with Crippen molar-refractivity contribution in [2.75, 3.05) is 31.6 Å². The van der Waals surface area contributed by atoms with Crippen molar-refractivity contribution in [3.63, 3.8) is 0 Å². The molecule has 1 saturated heterocycles. The van der Waals surface area contributed by atoms with Gasteiger partial charge in [0.25, 0.3) is 5.91 Å². The molecule has 3 aromatic rings. The Labute approximate surface area is 226 Å². The Morgan fingerprint density at radius 2 is 1.82 bits per heavy atom. The molecule has 0 spiro atoms. The number of likely N-dealkylation sites (tertiary alicyclic amines) is 1. The maximum Gasteiger partial charge on any atom is 0.277 e. The number of aromatic hydroxyl groups is 1. The van der Waals surface area contributed by atoms with Gasteiger partial charge in [0.1, 0.15) is 17.2 Å². The van der Waals surface area contributed by atoms with E-state index in [0.29, 0.717) is 42.3 Å². The molecule has 1 aliphatic heterocycles. The van der Waals surface area contributed by atoms with Crippen molar-refractivity contribution in [2.45, 2.75) is 45.4 Å². The number of amides is 2. The van der Waals surface area contributed by atoms with Crippen molar-refractivity contribution in [2.24, 2.45) is 0 Å². The minimum Gasteiger partial charge on any atom is -0.508 e. The van der Waals surface area contributed by atoms with Crippen LogP contribution in [0.15, 0.2) is 47.8 Å². The standard InChI is InChI=1S/C29H33N3O5S/c1-4-32(25-17-22(33)8-5-19(25)2)29(36)24-18-38-28(30-24)21-13-15-31(16-14-21)27(35)12-11-26(34)20-6-9-23(37-3)10-7-20/h5-10,17-18,21,33H,4,11-16H2,1-3H3. The molecule has 0 saturated carbocycles. The average molecular weight is 536 g/mol. The van der Waals surface area contributed by atoms with Gasteiger partial charge in [0.15, 0.2) is 5.78 Å². The fourth-order valence-corrected chi connectivity index (χ4v) is 5.66. The fourth-order valence-electron chi connectivity index (χ4n) is 4.70. The summed E-state index contributed by atoms with van der Waals surface area (Å²) in [5, 5.41) is 12.6. The molecule has 0 bridgehead atoms. The second kappa shape index (κ2) is 12.2. The number of nitrogens with zero attached hydrogens (tertiary/aromatic N) is 3. The largest absolute Gasteiger partial charge is 0.508 e. The zero-order valence-corrected chi connectivity index (χ0v) is 22.8. The number of ketones is 1. The summed E-state index contributed by atoms with van der Waals surface area (Å²) in [5.74, 6) is 0.717. The topological polar surface area (TPSA) is 100 Å². The third kappa shape index (κ3) is 6.22. The summed E-state index contributed by atoms with van der Waals surface area (Å²) in [5.41, 5.74) is 2.54. The Bertz CT molecular complexity index is 1300. The normalized spacial score (nSPS) is 13.8. The van der Waals surface area contributed by atoms with Crippen LogP contribution >= 0.6 is 11.3 Å². The lowest BCUT2D eigenvalue weighted by Gasteiger charge is -2.31. The van der Waals surface area contributed by atoms with Crippen molar-refractivity contribution in [3.8, 4) is 11.5 Å². The van der Waals surface area contributed by atoms with Crippen LogP contribution in [0.3, 0.4) is 0 Å². The third-order valence-electron chi connectivity index (χ3n) is 6.96. The molecular weight excluding hydrogens is 502 g/mol. The van der Waals surface area contributed by atoms with Crippen LogP contribution < -0.4 is 9.64 Å². The number of aromatic nitrogens is 1. The molecule has 0 radical (unpaired) electrons. The number of benzene rings is 2. The molecule has 2 amide bonds. The number of anilines is 1. The van der Waals surface area contributed by atoms with E-state index in [1.54, 1.807) is 59.9 Å². The van der Waals surface area contributed by atoms with Gasteiger partial charge in [-0.3, -0.25) is 14.4 Å². The molecule has 9 heteroatoms. The lowest BCUT2D eigenvalue weighted by molar-refractivity contribution is -0.132. The van der Waals surface area contributed by atoms with Gasteiger partial charge in [-0.15, -0.1) is 11.3 Å². The van der Waals surface area contributed by atoms with E-state index < -0.39 is 0 Å². The number of aryl methyl sites for hydroxylation is 1. The number of ether oxygens (including phenoxy) is 1. The van der Waals surface area contributed by atoms with E-state index in [4.69, 9.17) is 4.74 Å². The molecule has 1 aliphatic rings. The molecule has 8 nitrogen and oxygen atoms in total. The van der Waals surface area contributed by atoms with E-state index in [-0.39, 0.29) is 42.1 Å². The van der Waals surface area contributed by atoms with Crippen LogP contribution in [-0.4, -0.2) is 59.3 Å². The molecule has 2 aromatic carbocycles. The second-order valence-corrected chi connectivity index (χ2v) is 10.3. The lowest BCUT2D eigenvalue weighted by Crippen LogP contribution is -2.38. The first-order valence-corrected chi connectivity index (χ1v) is 13.7. The zero-order chi connectivity index (χ0) is 27.2. The molecule has 4 rings (SSSR count). The minimum absolute atomic E-state index is 0.0135. The molecule has 1 fully saturated rings. The molecule has 2 heterocycles. The Morgan fingerprint density at radius 1 is 1.11 bits per heavy atom. The molecule has 1 aromatic heterocycles. The number of piperidine rings is 1. The van der Waals surface area contributed by atoms with Crippen molar-refractivity contribution in [1.82, 2.24) is 9.88 Å². The highest BCUT2D eigenvalue weighted by atomic mass is 32.1. The summed E-state index contributed by atoms with van der Waals surface area (Å²) >= 11 is 1.47. The summed E-state index contributed by atoms with van der Waals surface area (Å²) in [6, 6.07) is 11.9. The number of rotatable bonds is 9. The maximum absolute atomic E-state index is 13.2. The van der Waals surface area contributed by atoms with E-state index in [2.05, 4.69) is 4.98 Å². The van der Waals surface area contributed by atoms with Gasteiger partial charge in [0.2, 0.25) is 5.91 Å². The van der Waals surface area contributed by atoms with Crippen LogP contribution in [-0.2, 0) is 4.79 Å². The van der Waals surface area contributed by atoms with Crippen LogP contribution in [0.4, 0.5) is 5.69 Å². The van der Waals surface area contributed by atoms with Crippen LogP contribution in [0.2, 0.25) is 0 Å². The van der Waals surface area contributed by atoms with Crippen molar-refractivity contribution < 1.29 is 24.2 Å². The Kier molecular flexibility index (Phi) is 8.78. The number of carbonyl (C=O) groups is 3. The predicted octanol–water partition coefficient (Wildman–Crippen LogP) is 5.20. The van der Waals surface area contributed by atoms with E-state index in [0.717, 1.165) is 23.4 Å².